The zero-order valence-corrected chi connectivity index (χ0v) is 16.0. The van der Waals surface area contributed by atoms with Gasteiger partial charge in [0.05, 0.1) is 24.7 Å². The van der Waals surface area contributed by atoms with Crippen LogP contribution in [0.4, 0.5) is 5.69 Å². The van der Waals surface area contributed by atoms with E-state index in [1.807, 2.05) is 0 Å². The van der Waals surface area contributed by atoms with E-state index in [0.717, 1.165) is 5.56 Å². The monoisotopic (exact) mass is 382 g/mol. The molecule has 0 bridgehead atoms. The third kappa shape index (κ3) is 5.54. The average Bonchev–Trinajstić information content (AvgIpc) is 2.63. The van der Waals surface area contributed by atoms with Crippen molar-refractivity contribution in [2.24, 2.45) is 5.92 Å². The molecule has 1 aliphatic heterocycles. The lowest BCUT2D eigenvalue weighted by Gasteiger charge is -2.30. The van der Waals surface area contributed by atoms with E-state index >= 15 is 0 Å². The number of benzene rings is 1. The van der Waals surface area contributed by atoms with Gasteiger partial charge in [-0.2, -0.15) is 0 Å². The lowest BCUT2D eigenvalue weighted by molar-refractivity contribution is -0.142. The Morgan fingerprint density at radius 1 is 1.23 bits per heavy atom. The summed E-state index contributed by atoms with van der Waals surface area (Å²) in [7, 11) is -3.27. The molecule has 1 fully saturated rings. The lowest BCUT2D eigenvalue weighted by Crippen LogP contribution is -2.44. The van der Waals surface area contributed by atoms with Gasteiger partial charge in [-0.15, -0.1) is 0 Å². The number of carbonyl (C=O) groups is 2. The van der Waals surface area contributed by atoms with Crippen LogP contribution >= 0.6 is 0 Å². The van der Waals surface area contributed by atoms with Crippen molar-refractivity contribution >= 4 is 27.6 Å². The quantitative estimate of drug-likeness (QED) is 0.726. The van der Waals surface area contributed by atoms with Gasteiger partial charge in [0.25, 0.3) is 0 Å². The molecule has 0 aliphatic carbocycles. The van der Waals surface area contributed by atoms with E-state index in [4.69, 9.17) is 4.74 Å². The highest BCUT2D eigenvalue weighted by molar-refractivity contribution is 7.89. The molecule has 7 nitrogen and oxygen atoms in total. The van der Waals surface area contributed by atoms with Gasteiger partial charge in [0.15, 0.2) is 0 Å². The number of nitrogens with zero attached hydrogens (tertiary/aromatic N) is 1. The largest absolute Gasteiger partial charge is 0.466 e. The van der Waals surface area contributed by atoms with E-state index in [0.29, 0.717) is 31.7 Å². The third-order valence-electron chi connectivity index (χ3n) is 4.39. The van der Waals surface area contributed by atoms with Crippen LogP contribution in [0.2, 0.25) is 0 Å². The minimum atomic E-state index is -3.27. The Balaban J connectivity index is 1.93. The molecule has 1 heterocycles. The third-order valence-corrected chi connectivity index (χ3v) is 6.24. The lowest BCUT2D eigenvalue weighted by atomic mass is 9.98. The maximum Gasteiger partial charge on any atom is 0.310 e. The second-order valence-electron chi connectivity index (χ2n) is 6.27. The highest BCUT2D eigenvalue weighted by atomic mass is 32.2. The summed E-state index contributed by atoms with van der Waals surface area (Å²) in [4.78, 5) is 23.9. The smallest absolute Gasteiger partial charge is 0.310 e. The maximum atomic E-state index is 12.5. The Morgan fingerprint density at radius 3 is 2.54 bits per heavy atom. The Hall–Kier alpha value is -1.93. The number of ether oxygens (including phenoxy) is 1. The van der Waals surface area contributed by atoms with Crippen molar-refractivity contribution in [2.75, 3.05) is 30.8 Å². The van der Waals surface area contributed by atoms with E-state index in [1.165, 1.54) is 4.31 Å². The highest BCUT2D eigenvalue weighted by Gasteiger charge is 2.31. The van der Waals surface area contributed by atoms with E-state index in [2.05, 4.69) is 5.32 Å². The first-order valence-corrected chi connectivity index (χ1v) is 10.5. The van der Waals surface area contributed by atoms with Crippen molar-refractivity contribution < 1.29 is 22.7 Å². The zero-order chi connectivity index (χ0) is 19.2. The number of esters is 1. The fraction of sp³-hybridized carbons (Fsp3) is 0.556. The number of hydrogen-bond acceptors (Lipinski definition) is 5. The van der Waals surface area contributed by atoms with Crippen molar-refractivity contribution in [2.45, 2.75) is 33.1 Å². The van der Waals surface area contributed by atoms with Gasteiger partial charge >= 0.3 is 5.97 Å². The number of nitrogens with one attached hydrogen (secondary N) is 1. The average molecular weight is 382 g/mol. The van der Waals surface area contributed by atoms with Crippen LogP contribution in [0.15, 0.2) is 24.3 Å². The Labute approximate surface area is 154 Å². The molecule has 1 atom stereocenters. The predicted molar refractivity (Wildman–Crippen MR) is 99.2 cm³/mol. The predicted octanol–water partition coefficient (Wildman–Crippen LogP) is 1.79. The van der Waals surface area contributed by atoms with Crippen molar-refractivity contribution in [3.8, 4) is 0 Å². The van der Waals surface area contributed by atoms with Gasteiger partial charge in [0.1, 0.15) is 0 Å². The first kappa shape index (κ1) is 20.4. The van der Waals surface area contributed by atoms with Crippen molar-refractivity contribution in [1.29, 1.82) is 0 Å². The molecule has 0 spiro atoms. The number of hydrogen-bond donors (Lipinski definition) is 1. The van der Waals surface area contributed by atoms with Crippen LogP contribution in [-0.4, -0.2) is 50.0 Å². The van der Waals surface area contributed by atoms with E-state index in [-0.39, 0.29) is 36.5 Å². The molecule has 0 saturated carbocycles. The molecule has 1 saturated heterocycles. The fourth-order valence-electron chi connectivity index (χ4n) is 2.92. The van der Waals surface area contributed by atoms with Crippen LogP contribution in [0, 0.1) is 5.92 Å². The topological polar surface area (TPSA) is 92.8 Å². The Kier molecular flexibility index (Phi) is 7.16. The van der Waals surface area contributed by atoms with Gasteiger partial charge in [-0.3, -0.25) is 9.59 Å². The van der Waals surface area contributed by atoms with Gasteiger partial charge in [0.2, 0.25) is 15.9 Å². The van der Waals surface area contributed by atoms with Crippen LogP contribution in [0.1, 0.15) is 32.3 Å². The number of rotatable bonds is 7. The summed E-state index contributed by atoms with van der Waals surface area (Å²) in [5.41, 5.74) is 1.43. The van der Waals surface area contributed by atoms with Crippen molar-refractivity contribution in [1.82, 2.24) is 4.31 Å². The van der Waals surface area contributed by atoms with E-state index in [1.54, 1.807) is 38.1 Å². The molecule has 1 N–H and O–H groups in total. The number of sulfonamides is 1. The van der Waals surface area contributed by atoms with Crippen LogP contribution in [0.25, 0.3) is 0 Å². The number of piperidine rings is 1. The molecule has 26 heavy (non-hydrogen) atoms. The van der Waals surface area contributed by atoms with Crippen molar-refractivity contribution in [3.05, 3.63) is 29.8 Å². The van der Waals surface area contributed by atoms with Gasteiger partial charge in [-0.1, -0.05) is 12.1 Å². The first-order valence-electron chi connectivity index (χ1n) is 8.89. The summed E-state index contributed by atoms with van der Waals surface area (Å²) in [6.45, 7) is 4.41. The summed E-state index contributed by atoms with van der Waals surface area (Å²) >= 11 is 0. The first-order chi connectivity index (χ1) is 12.4. The van der Waals surface area contributed by atoms with E-state index < -0.39 is 10.0 Å². The summed E-state index contributed by atoms with van der Waals surface area (Å²) < 4.78 is 30.3. The molecular weight excluding hydrogens is 356 g/mol. The minimum Gasteiger partial charge on any atom is -0.466 e. The Morgan fingerprint density at radius 2 is 1.92 bits per heavy atom. The molecule has 2 rings (SSSR count). The van der Waals surface area contributed by atoms with Gasteiger partial charge in [-0.25, -0.2) is 12.7 Å². The van der Waals surface area contributed by atoms with Crippen LogP contribution in [0.3, 0.4) is 0 Å². The van der Waals surface area contributed by atoms with Crippen LogP contribution < -0.4 is 5.32 Å². The van der Waals surface area contributed by atoms with Crippen molar-refractivity contribution in [3.63, 3.8) is 0 Å². The summed E-state index contributed by atoms with van der Waals surface area (Å²) in [5.74, 6) is -0.782. The minimum absolute atomic E-state index is 0.0449. The zero-order valence-electron chi connectivity index (χ0n) is 15.2. The number of carbonyl (C=O) groups excluding carboxylic acids is 2. The summed E-state index contributed by atoms with van der Waals surface area (Å²) in [5, 5.41) is 2.83. The summed E-state index contributed by atoms with van der Waals surface area (Å²) in [6.07, 6.45) is 1.53. The highest BCUT2D eigenvalue weighted by Crippen LogP contribution is 2.21. The second-order valence-corrected chi connectivity index (χ2v) is 8.52. The van der Waals surface area contributed by atoms with Gasteiger partial charge in [0, 0.05) is 18.8 Å². The SMILES string of the molecule is CCOC(=O)Cc1ccc(NC(=O)[C@@H]2CCCN(S(=O)(=O)CC)C2)cc1. The molecule has 0 aromatic heterocycles. The fourth-order valence-corrected chi connectivity index (χ4v) is 4.10. The van der Waals surface area contributed by atoms with E-state index in [9.17, 15) is 18.0 Å². The molecule has 8 heteroatoms. The van der Waals surface area contributed by atoms with Crippen LogP contribution in [-0.2, 0) is 30.8 Å². The summed E-state index contributed by atoms with van der Waals surface area (Å²) in [6, 6.07) is 6.99. The second kappa shape index (κ2) is 9.14. The molecule has 1 aromatic carbocycles. The molecule has 1 aromatic rings. The number of anilines is 1. The van der Waals surface area contributed by atoms with Crippen LogP contribution in [0.5, 0.6) is 0 Å². The van der Waals surface area contributed by atoms with Gasteiger partial charge in [-0.05, 0) is 44.4 Å². The van der Waals surface area contributed by atoms with Gasteiger partial charge < -0.3 is 10.1 Å². The Bertz CT molecular complexity index is 730. The molecule has 0 unspecified atom stereocenters. The number of amides is 1. The molecule has 1 aliphatic rings. The molecular formula is C18H26N2O5S. The molecule has 0 radical (unpaired) electrons. The maximum absolute atomic E-state index is 12.5. The molecule has 1 amide bonds. The normalized spacial score (nSPS) is 18.3. The molecule has 144 valence electrons. The standard InChI is InChI=1S/C18H26N2O5S/c1-3-25-17(21)12-14-7-9-16(10-8-14)19-18(22)15-6-5-11-20(13-15)26(23,24)4-2/h7-10,15H,3-6,11-13H2,1-2H3,(H,19,22)/t15-/m1/s1.